The summed E-state index contributed by atoms with van der Waals surface area (Å²) in [5.74, 6) is -2.04. The van der Waals surface area contributed by atoms with Crippen LogP contribution in [0.15, 0.2) is 24.3 Å². The van der Waals surface area contributed by atoms with Gasteiger partial charge in [0.25, 0.3) is 0 Å². The van der Waals surface area contributed by atoms with Crippen molar-refractivity contribution in [2.45, 2.75) is 19.8 Å². The molecule has 1 heterocycles. The maximum absolute atomic E-state index is 13.6. The molecule has 0 aliphatic heterocycles. The summed E-state index contributed by atoms with van der Waals surface area (Å²) < 4.78 is 13.6. The predicted molar refractivity (Wildman–Crippen MR) is 84.8 cm³/mol. The number of aromatic carboxylic acids is 1. The van der Waals surface area contributed by atoms with E-state index in [0.29, 0.717) is 16.0 Å². The van der Waals surface area contributed by atoms with Crippen LogP contribution in [0.25, 0.3) is 10.4 Å². The minimum absolute atomic E-state index is 0.321. The average molecular weight is 318 g/mol. The van der Waals surface area contributed by atoms with E-state index in [4.69, 9.17) is 5.11 Å². The number of carbonyl (C=O) groups is 1. The monoisotopic (exact) mass is 318 g/mol. The third-order valence-corrected chi connectivity index (χ3v) is 4.30. The van der Waals surface area contributed by atoms with Crippen LogP contribution in [0.3, 0.4) is 0 Å². The molecule has 1 aromatic heterocycles. The van der Waals surface area contributed by atoms with Crippen LogP contribution in [-0.4, -0.2) is 17.6 Å². The molecule has 0 unspecified atom stereocenters. The van der Waals surface area contributed by atoms with E-state index < -0.39 is 11.8 Å². The number of carboxylic acid groups (broad SMARTS) is 1. The molecule has 0 saturated heterocycles. The molecular weight excluding hydrogens is 303 g/mol. The Morgan fingerprint density at radius 2 is 2.23 bits per heavy atom. The van der Waals surface area contributed by atoms with Gasteiger partial charge in [0.2, 0.25) is 0 Å². The standard InChI is InChI=1S/C16H15FN2O2S/c1-2-3-6-19-13-5-4-10(7-11(13)9-18)14-8-12(17)15(22-14)16(20)21/h4-5,7-8,19H,2-3,6H2,1H3,(H,20,21). The van der Waals surface area contributed by atoms with Gasteiger partial charge in [-0.3, -0.25) is 0 Å². The second kappa shape index (κ2) is 7.05. The Kier molecular flexibility index (Phi) is 5.12. The van der Waals surface area contributed by atoms with E-state index in [9.17, 15) is 14.4 Å². The molecule has 2 rings (SSSR count). The molecule has 0 saturated carbocycles. The molecule has 0 amide bonds. The van der Waals surface area contributed by atoms with E-state index in [-0.39, 0.29) is 4.88 Å². The SMILES string of the molecule is CCCCNc1ccc(-c2cc(F)c(C(=O)O)s2)cc1C#N. The number of thiophene rings is 1. The van der Waals surface area contributed by atoms with Crippen LogP contribution in [0.1, 0.15) is 35.0 Å². The van der Waals surface area contributed by atoms with Crippen LogP contribution in [0, 0.1) is 17.1 Å². The first-order chi connectivity index (χ1) is 10.6. The van der Waals surface area contributed by atoms with Gasteiger partial charge < -0.3 is 10.4 Å². The number of hydrogen-bond donors (Lipinski definition) is 2. The van der Waals surface area contributed by atoms with Gasteiger partial charge in [0, 0.05) is 11.4 Å². The highest BCUT2D eigenvalue weighted by Gasteiger charge is 2.16. The number of nitrogens with zero attached hydrogens (tertiary/aromatic N) is 1. The highest BCUT2D eigenvalue weighted by Crippen LogP contribution is 2.32. The molecule has 0 bridgehead atoms. The quantitative estimate of drug-likeness (QED) is 0.777. The van der Waals surface area contributed by atoms with Gasteiger partial charge in [-0.1, -0.05) is 19.4 Å². The fourth-order valence-electron chi connectivity index (χ4n) is 2.00. The van der Waals surface area contributed by atoms with Gasteiger partial charge >= 0.3 is 5.97 Å². The Balaban J connectivity index is 2.31. The number of rotatable bonds is 6. The van der Waals surface area contributed by atoms with Crippen LogP contribution in [0.4, 0.5) is 10.1 Å². The molecule has 4 nitrogen and oxygen atoms in total. The van der Waals surface area contributed by atoms with Crippen LogP contribution < -0.4 is 5.32 Å². The van der Waals surface area contributed by atoms with Crippen molar-refractivity contribution in [3.8, 4) is 16.5 Å². The van der Waals surface area contributed by atoms with Crippen molar-refractivity contribution in [2.75, 3.05) is 11.9 Å². The number of nitrogens with one attached hydrogen (secondary N) is 1. The van der Waals surface area contributed by atoms with Gasteiger partial charge in [-0.2, -0.15) is 5.26 Å². The molecule has 0 radical (unpaired) electrons. The molecular formula is C16H15FN2O2S. The second-order valence-electron chi connectivity index (χ2n) is 4.75. The number of carboxylic acids is 1. The number of benzene rings is 1. The highest BCUT2D eigenvalue weighted by molar-refractivity contribution is 7.17. The summed E-state index contributed by atoms with van der Waals surface area (Å²) in [4.78, 5) is 11.1. The molecule has 1 aromatic carbocycles. The molecule has 0 atom stereocenters. The van der Waals surface area contributed by atoms with E-state index in [1.165, 1.54) is 6.07 Å². The maximum Gasteiger partial charge on any atom is 0.348 e. The smallest absolute Gasteiger partial charge is 0.348 e. The van der Waals surface area contributed by atoms with Gasteiger partial charge in [-0.05, 0) is 30.2 Å². The molecule has 0 aliphatic carbocycles. The molecule has 114 valence electrons. The fraction of sp³-hybridized carbons (Fsp3) is 0.250. The lowest BCUT2D eigenvalue weighted by molar-refractivity contribution is 0.0697. The topological polar surface area (TPSA) is 73.1 Å². The lowest BCUT2D eigenvalue weighted by Gasteiger charge is -2.08. The van der Waals surface area contributed by atoms with Crippen molar-refractivity contribution in [2.24, 2.45) is 0 Å². The molecule has 22 heavy (non-hydrogen) atoms. The first-order valence-corrected chi connectivity index (χ1v) is 7.69. The van der Waals surface area contributed by atoms with Gasteiger partial charge in [0.05, 0.1) is 11.3 Å². The van der Waals surface area contributed by atoms with Gasteiger partial charge in [-0.15, -0.1) is 11.3 Å². The third kappa shape index (κ3) is 3.43. The molecule has 0 spiro atoms. The number of halogens is 1. The lowest BCUT2D eigenvalue weighted by atomic mass is 10.1. The van der Waals surface area contributed by atoms with E-state index in [0.717, 1.165) is 36.4 Å². The lowest BCUT2D eigenvalue weighted by Crippen LogP contribution is -2.02. The minimum Gasteiger partial charge on any atom is -0.477 e. The zero-order valence-electron chi connectivity index (χ0n) is 12.0. The Bertz CT molecular complexity index is 734. The van der Waals surface area contributed by atoms with E-state index in [1.54, 1.807) is 18.2 Å². The number of unbranched alkanes of at least 4 members (excludes halogenated alkanes) is 1. The number of anilines is 1. The predicted octanol–water partition coefficient (Wildman–Crippen LogP) is 4.34. The Morgan fingerprint density at radius 1 is 1.45 bits per heavy atom. The van der Waals surface area contributed by atoms with Crippen LogP contribution in [0.5, 0.6) is 0 Å². The van der Waals surface area contributed by atoms with Crippen molar-refractivity contribution in [3.05, 3.63) is 40.5 Å². The zero-order chi connectivity index (χ0) is 16.1. The van der Waals surface area contributed by atoms with E-state index >= 15 is 0 Å². The largest absolute Gasteiger partial charge is 0.477 e. The van der Waals surface area contributed by atoms with E-state index in [2.05, 4.69) is 18.3 Å². The average Bonchev–Trinajstić information content (AvgIpc) is 2.90. The Morgan fingerprint density at radius 3 is 2.82 bits per heavy atom. The minimum atomic E-state index is -1.29. The molecule has 2 aromatic rings. The highest BCUT2D eigenvalue weighted by atomic mass is 32.1. The summed E-state index contributed by atoms with van der Waals surface area (Å²) in [6.45, 7) is 2.86. The summed E-state index contributed by atoms with van der Waals surface area (Å²) >= 11 is 0.863. The fourth-order valence-corrected chi connectivity index (χ4v) is 2.87. The number of nitriles is 1. The summed E-state index contributed by atoms with van der Waals surface area (Å²) in [5, 5.41) is 21.3. The molecule has 6 heteroatoms. The summed E-state index contributed by atoms with van der Waals surface area (Å²) in [5.41, 5.74) is 1.82. The normalized spacial score (nSPS) is 10.2. The first kappa shape index (κ1) is 16.0. The van der Waals surface area contributed by atoms with E-state index in [1.807, 2.05) is 0 Å². The molecule has 0 aliphatic rings. The second-order valence-corrected chi connectivity index (χ2v) is 5.80. The van der Waals surface area contributed by atoms with Crippen LogP contribution in [0.2, 0.25) is 0 Å². The summed E-state index contributed by atoms with van der Waals surface area (Å²) in [6, 6.07) is 8.46. The summed E-state index contributed by atoms with van der Waals surface area (Å²) in [7, 11) is 0. The molecule has 0 fully saturated rings. The van der Waals surface area contributed by atoms with Crippen molar-refractivity contribution in [1.29, 1.82) is 5.26 Å². The van der Waals surface area contributed by atoms with Crippen molar-refractivity contribution in [3.63, 3.8) is 0 Å². The summed E-state index contributed by atoms with van der Waals surface area (Å²) in [6.07, 6.45) is 2.06. The number of hydrogen-bond acceptors (Lipinski definition) is 4. The van der Waals surface area contributed by atoms with Crippen molar-refractivity contribution < 1.29 is 14.3 Å². The molecule has 2 N–H and O–H groups in total. The van der Waals surface area contributed by atoms with Gasteiger partial charge in [0.1, 0.15) is 16.8 Å². The van der Waals surface area contributed by atoms with Crippen LogP contribution >= 0.6 is 11.3 Å². The maximum atomic E-state index is 13.6. The van der Waals surface area contributed by atoms with Gasteiger partial charge in [0.15, 0.2) is 0 Å². The Hall–Kier alpha value is -2.39. The Labute approximate surface area is 131 Å². The van der Waals surface area contributed by atoms with Crippen LogP contribution in [-0.2, 0) is 0 Å². The zero-order valence-corrected chi connectivity index (χ0v) is 12.8. The van der Waals surface area contributed by atoms with Crippen molar-refractivity contribution >= 4 is 23.0 Å². The van der Waals surface area contributed by atoms with Crippen molar-refractivity contribution in [1.82, 2.24) is 0 Å². The first-order valence-electron chi connectivity index (χ1n) is 6.87. The van der Waals surface area contributed by atoms with Gasteiger partial charge in [-0.25, -0.2) is 9.18 Å². The third-order valence-electron chi connectivity index (χ3n) is 3.15.